The molecule has 0 saturated carbocycles. The summed E-state index contributed by atoms with van der Waals surface area (Å²) in [6.07, 6.45) is 0. The van der Waals surface area contributed by atoms with Crippen LogP contribution in [-0.4, -0.2) is 4.57 Å². The number of hydrogen-bond acceptors (Lipinski definition) is 1. The Hall–Kier alpha value is -6.64. The molecule has 54 heavy (non-hydrogen) atoms. The molecule has 2 heteroatoms. The van der Waals surface area contributed by atoms with Gasteiger partial charge in [0.05, 0.1) is 27.8 Å². The van der Waals surface area contributed by atoms with E-state index >= 15 is 0 Å². The van der Waals surface area contributed by atoms with Crippen molar-refractivity contribution in [3.63, 3.8) is 0 Å². The van der Waals surface area contributed by atoms with Gasteiger partial charge in [-0.2, -0.15) is 0 Å². The second kappa shape index (κ2) is 10.5. The molecule has 3 aliphatic rings. The number of para-hydroxylation sites is 3. The molecule has 0 atom stereocenters. The number of anilines is 3. The highest BCUT2D eigenvalue weighted by molar-refractivity contribution is 6.14. The van der Waals surface area contributed by atoms with Gasteiger partial charge in [-0.25, -0.2) is 0 Å². The third kappa shape index (κ3) is 3.56. The molecule has 0 bridgehead atoms. The van der Waals surface area contributed by atoms with Crippen molar-refractivity contribution in [2.24, 2.45) is 0 Å². The molecule has 1 aliphatic heterocycles. The SMILES string of the molecule is CC1(C)c2ccccc2N(c2ccccc2)c2ccc(-n3c4ccccc4c4ccc5c(c43)C3(c4ccccc4-c4ccccc43)c3ccccc3-5)cc21. The van der Waals surface area contributed by atoms with Crippen LogP contribution in [0.3, 0.4) is 0 Å². The normalized spacial score (nSPS) is 15.1. The largest absolute Gasteiger partial charge is 0.310 e. The van der Waals surface area contributed by atoms with Crippen LogP contribution < -0.4 is 4.90 Å². The summed E-state index contributed by atoms with van der Waals surface area (Å²) in [5.74, 6) is 0. The molecule has 1 spiro atoms. The first-order valence-electron chi connectivity index (χ1n) is 19.0. The van der Waals surface area contributed by atoms with Crippen molar-refractivity contribution in [3.05, 3.63) is 215 Å². The molecule has 0 fully saturated rings. The quantitative estimate of drug-likeness (QED) is 0.175. The number of fused-ring (bicyclic) bond motifs is 16. The third-order valence-corrected chi connectivity index (χ3v) is 12.8. The number of hydrogen-bond donors (Lipinski definition) is 0. The summed E-state index contributed by atoms with van der Waals surface area (Å²) in [7, 11) is 0. The van der Waals surface area contributed by atoms with Gasteiger partial charge in [0.25, 0.3) is 0 Å². The summed E-state index contributed by atoms with van der Waals surface area (Å²) in [6.45, 7) is 4.77. The minimum atomic E-state index is -0.457. The summed E-state index contributed by atoms with van der Waals surface area (Å²) < 4.78 is 2.59. The number of nitrogens with zero attached hydrogens (tertiary/aromatic N) is 2. The lowest BCUT2D eigenvalue weighted by molar-refractivity contribution is 0.631. The molecule has 2 heterocycles. The second-order valence-electron chi connectivity index (χ2n) is 15.6. The molecule has 8 aromatic carbocycles. The van der Waals surface area contributed by atoms with Gasteiger partial charge >= 0.3 is 0 Å². The molecule has 0 radical (unpaired) electrons. The highest BCUT2D eigenvalue weighted by atomic mass is 15.2. The van der Waals surface area contributed by atoms with Crippen LogP contribution in [0.4, 0.5) is 17.1 Å². The average Bonchev–Trinajstić information content (AvgIpc) is 3.83. The number of aromatic nitrogens is 1. The molecule has 0 saturated heterocycles. The smallest absolute Gasteiger partial charge is 0.0746 e. The maximum Gasteiger partial charge on any atom is 0.0746 e. The zero-order valence-corrected chi connectivity index (χ0v) is 30.2. The van der Waals surface area contributed by atoms with Crippen LogP contribution in [0.5, 0.6) is 0 Å². The molecule has 254 valence electrons. The van der Waals surface area contributed by atoms with Crippen LogP contribution in [0.15, 0.2) is 182 Å². The van der Waals surface area contributed by atoms with Crippen LogP contribution in [-0.2, 0) is 10.8 Å². The molecule has 0 amide bonds. The first-order valence-corrected chi connectivity index (χ1v) is 19.0. The molecule has 2 aliphatic carbocycles. The molecular formula is C52H36N2. The van der Waals surface area contributed by atoms with Gasteiger partial charge in [0.1, 0.15) is 0 Å². The fourth-order valence-corrected chi connectivity index (χ4v) is 10.6. The van der Waals surface area contributed by atoms with Gasteiger partial charge in [-0.15, -0.1) is 0 Å². The zero-order valence-electron chi connectivity index (χ0n) is 30.2. The minimum Gasteiger partial charge on any atom is -0.310 e. The first kappa shape index (κ1) is 29.9. The summed E-state index contributed by atoms with van der Waals surface area (Å²) in [6, 6.07) is 68.1. The maximum atomic E-state index is 2.59. The Labute approximate surface area is 315 Å². The van der Waals surface area contributed by atoms with Crippen molar-refractivity contribution < 1.29 is 0 Å². The van der Waals surface area contributed by atoms with Gasteiger partial charge in [0.2, 0.25) is 0 Å². The van der Waals surface area contributed by atoms with E-state index in [9.17, 15) is 0 Å². The monoisotopic (exact) mass is 688 g/mol. The van der Waals surface area contributed by atoms with E-state index < -0.39 is 5.41 Å². The summed E-state index contributed by atoms with van der Waals surface area (Å²) in [5.41, 5.74) is 20.0. The van der Waals surface area contributed by atoms with Gasteiger partial charge in [0, 0.05) is 33.1 Å². The van der Waals surface area contributed by atoms with Crippen LogP contribution in [0, 0.1) is 0 Å². The van der Waals surface area contributed by atoms with E-state index in [0.717, 1.165) is 0 Å². The first-order chi connectivity index (χ1) is 26.6. The summed E-state index contributed by atoms with van der Waals surface area (Å²) in [4.78, 5) is 2.45. The molecule has 1 aromatic heterocycles. The number of rotatable bonds is 2. The Morgan fingerprint density at radius 2 is 0.944 bits per heavy atom. The fourth-order valence-electron chi connectivity index (χ4n) is 10.6. The predicted octanol–water partition coefficient (Wildman–Crippen LogP) is 13.2. The van der Waals surface area contributed by atoms with Gasteiger partial charge in [-0.3, -0.25) is 0 Å². The standard InChI is InChI=1S/C52H36N2/c1-51(2)44-25-13-15-27-47(44)53(33-16-4-3-5-17-33)48-31-28-34(32-45(48)51)54-46-26-14-9-21-38(46)40-30-29-39-37-20-8-12-24-43(37)52(49(39)50(40)54)41-22-10-6-18-35(41)36-19-7-11-23-42(36)52/h3-32H,1-2H3. The molecule has 0 N–H and O–H groups in total. The van der Waals surface area contributed by atoms with E-state index in [0.29, 0.717) is 0 Å². The van der Waals surface area contributed by atoms with Crippen molar-refractivity contribution in [1.29, 1.82) is 0 Å². The highest BCUT2D eigenvalue weighted by Gasteiger charge is 2.53. The van der Waals surface area contributed by atoms with Crippen molar-refractivity contribution in [2.75, 3.05) is 4.90 Å². The van der Waals surface area contributed by atoms with Gasteiger partial charge in [-0.1, -0.05) is 153 Å². The molecule has 2 nitrogen and oxygen atoms in total. The minimum absolute atomic E-state index is 0.227. The van der Waals surface area contributed by atoms with E-state index in [1.54, 1.807) is 0 Å². The van der Waals surface area contributed by atoms with Gasteiger partial charge in [0.15, 0.2) is 0 Å². The molecule has 9 aromatic rings. The van der Waals surface area contributed by atoms with Crippen LogP contribution in [0.2, 0.25) is 0 Å². The summed E-state index contributed by atoms with van der Waals surface area (Å²) >= 11 is 0. The Balaban J connectivity index is 1.22. The third-order valence-electron chi connectivity index (χ3n) is 12.8. The van der Waals surface area contributed by atoms with Gasteiger partial charge in [-0.05, 0) is 92.5 Å². The van der Waals surface area contributed by atoms with E-state index in [1.165, 1.54) is 100 Å². The molecule has 0 unspecified atom stereocenters. The number of benzene rings is 8. The second-order valence-corrected chi connectivity index (χ2v) is 15.6. The maximum absolute atomic E-state index is 2.59. The van der Waals surface area contributed by atoms with Crippen molar-refractivity contribution >= 4 is 38.9 Å². The zero-order chi connectivity index (χ0) is 35.8. The topological polar surface area (TPSA) is 8.17 Å². The highest BCUT2D eigenvalue weighted by Crippen LogP contribution is 2.64. The van der Waals surface area contributed by atoms with Crippen molar-refractivity contribution in [3.8, 4) is 27.9 Å². The van der Waals surface area contributed by atoms with Crippen LogP contribution in [0.25, 0.3) is 49.7 Å². The predicted molar refractivity (Wildman–Crippen MR) is 224 cm³/mol. The summed E-state index contributed by atoms with van der Waals surface area (Å²) in [5, 5.41) is 2.56. The van der Waals surface area contributed by atoms with Crippen LogP contribution >= 0.6 is 0 Å². The Morgan fingerprint density at radius 3 is 1.65 bits per heavy atom. The molecular weight excluding hydrogens is 653 g/mol. The van der Waals surface area contributed by atoms with Crippen molar-refractivity contribution in [1.82, 2.24) is 4.57 Å². The van der Waals surface area contributed by atoms with E-state index in [2.05, 4.69) is 205 Å². The Kier molecular flexibility index (Phi) is 5.81. The lowest BCUT2D eigenvalue weighted by atomic mass is 9.70. The van der Waals surface area contributed by atoms with E-state index in [4.69, 9.17) is 0 Å². The average molecular weight is 689 g/mol. The van der Waals surface area contributed by atoms with E-state index in [-0.39, 0.29) is 5.41 Å². The van der Waals surface area contributed by atoms with E-state index in [1.807, 2.05) is 0 Å². The lowest BCUT2D eigenvalue weighted by Crippen LogP contribution is -2.30. The van der Waals surface area contributed by atoms with Gasteiger partial charge < -0.3 is 9.47 Å². The van der Waals surface area contributed by atoms with Crippen LogP contribution in [0.1, 0.15) is 47.2 Å². The molecule has 12 rings (SSSR count). The van der Waals surface area contributed by atoms with Crippen molar-refractivity contribution in [2.45, 2.75) is 24.7 Å². The fraction of sp³-hybridized carbons (Fsp3) is 0.0769. The lowest BCUT2D eigenvalue weighted by Gasteiger charge is -2.42. The Morgan fingerprint density at radius 1 is 0.389 bits per heavy atom. The Bertz CT molecular complexity index is 2970.